The molecule has 35 heavy (non-hydrogen) atoms. The molecule has 6 atom stereocenters. The minimum absolute atomic E-state index is 0.0319. The molecule has 0 spiro atoms. The monoisotopic (exact) mass is 587 g/mol. The van der Waals surface area contributed by atoms with E-state index in [2.05, 4.69) is 28.1 Å². The van der Waals surface area contributed by atoms with Gasteiger partial charge in [0.1, 0.15) is 12.2 Å². The molecule has 0 radical (unpaired) electrons. The van der Waals surface area contributed by atoms with Crippen molar-refractivity contribution in [2.45, 2.75) is 30.5 Å². The number of ether oxygens (including phenoxy) is 2. The second-order valence-electron chi connectivity index (χ2n) is 6.68. The Morgan fingerprint density at radius 1 is 1.23 bits per heavy atom. The van der Waals surface area contributed by atoms with Gasteiger partial charge in [0, 0.05) is 0 Å². The number of aliphatic hydroxyl groups is 1. The number of imidazole rings is 1. The first kappa shape index (κ1) is 28.3. The molecule has 198 valence electrons. The molecule has 1 fully saturated rings. The normalized spacial score (nSPS) is 28.6. The minimum atomic E-state index is -5.79. The first-order valence-corrected chi connectivity index (χ1v) is 14.0. The summed E-state index contributed by atoms with van der Waals surface area (Å²) in [5.41, 5.74) is 5.58. The Balaban J connectivity index is 1.80. The Kier molecular flexibility index (Phi) is 7.97. The number of nitrogen functional groups attached to an aromatic ring is 1. The highest BCUT2D eigenvalue weighted by molar-refractivity contribution is 7.66. The average Bonchev–Trinajstić information content (AvgIpc) is 3.17. The van der Waals surface area contributed by atoms with Gasteiger partial charge in [-0.1, -0.05) is 11.6 Å². The van der Waals surface area contributed by atoms with Gasteiger partial charge in [-0.3, -0.25) is 9.09 Å². The van der Waals surface area contributed by atoms with Crippen LogP contribution in [0, 0.1) is 0 Å². The Morgan fingerprint density at radius 3 is 2.49 bits per heavy atom. The Labute approximate surface area is 199 Å². The maximum Gasteiger partial charge on any atom is 0.490 e. The van der Waals surface area contributed by atoms with Crippen LogP contribution in [-0.4, -0.2) is 74.7 Å². The number of anilines is 1. The van der Waals surface area contributed by atoms with Crippen LogP contribution in [0.3, 0.4) is 0 Å². The quantitative estimate of drug-likeness (QED) is 0.161. The molecule has 0 amide bonds. The van der Waals surface area contributed by atoms with Gasteiger partial charge in [0.25, 0.3) is 5.13 Å². The molecule has 1 aliphatic heterocycles. The van der Waals surface area contributed by atoms with Gasteiger partial charge in [-0.15, -0.1) is 0 Å². The van der Waals surface area contributed by atoms with E-state index in [0.717, 1.165) is 10.9 Å². The zero-order valence-electron chi connectivity index (χ0n) is 17.2. The van der Waals surface area contributed by atoms with Crippen molar-refractivity contribution in [1.82, 2.24) is 19.5 Å². The fraction of sp³-hybridized carbons (Fsp3) is 0.583. The van der Waals surface area contributed by atoms with Gasteiger partial charge in [0.2, 0.25) is 11.8 Å². The fourth-order valence-electron chi connectivity index (χ4n) is 2.89. The summed E-state index contributed by atoms with van der Waals surface area (Å²) < 4.78 is 72.2. The van der Waals surface area contributed by atoms with Crippen LogP contribution in [0.15, 0.2) is 6.33 Å². The smallest absolute Gasteiger partial charge is 0.476 e. The van der Waals surface area contributed by atoms with E-state index in [-0.39, 0.29) is 29.6 Å². The molecule has 1 aliphatic rings. The zero-order valence-corrected chi connectivity index (χ0v) is 20.6. The van der Waals surface area contributed by atoms with Crippen molar-refractivity contribution < 1.29 is 65.4 Å². The summed E-state index contributed by atoms with van der Waals surface area (Å²) in [7, 11) is -17.0. The van der Waals surface area contributed by atoms with Crippen molar-refractivity contribution in [2.75, 3.05) is 18.9 Å². The lowest BCUT2D eigenvalue weighted by atomic mass is 10.1. The molecule has 1 saturated heterocycles. The first-order valence-electron chi connectivity index (χ1n) is 9.08. The van der Waals surface area contributed by atoms with Crippen LogP contribution in [-0.2, 0) is 31.6 Å². The Hall–Kier alpha value is -1.30. The van der Waals surface area contributed by atoms with Crippen LogP contribution in [0.4, 0.5) is 10.3 Å². The second-order valence-corrected chi connectivity index (χ2v) is 11.7. The molecular weight excluding hydrogens is 570 g/mol. The number of hydrogen-bond donors (Lipinski definition) is 6. The Bertz CT molecular complexity index is 1240. The number of phosphoric acid groups is 3. The topological polar surface area (TPSA) is 268 Å². The van der Waals surface area contributed by atoms with Gasteiger partial charge < -0.3 is 39.9 Å². The molecule has 3 heterocycles. The van der Waals surface area contributed by atoms with E-state index in [9.17, 15) is 23.7 Å². The Morgan fingerprint density at radius 2 is 1.89 bits per heavy atom. The molecule has 2 aromatic rings. The number of nitrogens with zero attached hydrogens (tertiary/aromatic N) is 4. The van der Waals surface area contributed by atoms with Crippen molar-refractivity contribution in [3.05, 3.63) is 6.33 Å². The summed E-state index contributed by atoms with van der Waals surface area (Å²) in [6.07, 6.45) is -4.83. The summed E-state index contributed by atoms with van der Waals surface area (Å²) in [4.78, 5) is 47.5. The minimum Gasteiger partial charge on any atom is -0.476 e. The first-order chi connectivity index (χ1) is 16.0. The molecule has 6 unspecified atom stereocenters. The zero-order chi connectivity index (χ0) is 26.4. The summed E-state index contributed by atoms with van der Waals surface area (Å²) in [5, 5.41) is 7.17. The van der Waals surface area contributed by atoms with Crippen LogP contribution in [0.1, 0.15) is 13.2 Å². The third-order valence-electron chi connectivity index (χ3n) is 4.14. The second kappa shape index (κ2) is 9.87. The number of aliphatic hydroxyl groups excluding tert-OH is 1. The number of fused-ring (bicyclic) bond motifs is 1. The van der Waals surface area contributed by atoms with Crippen molar-refractivity contribution in [2.24, 2.45) is 0 Å². The van der Waals surface area contributed by atoms with Crippen LogP contribution < -0.4 is 10.5 Å². The lowest BCUT2D eigenvalue weighted by Gasteiger charge is -2.22. The van der Waals surface area contributed by atoms with Crippen LogP contribution in [0.5, 0.6) is 5.88 Å². The molecule has 2 aromatic heterocycles. The van der Waals surface area contributed by atoms with Crippen molar-refractivity contribution in [3.8, 4) is 5.88 Å². The van der Waals surface area contributed by atoms with Gasteiger partial charge in [-0.2, -0.15) is 18.6 Å². The third kappa shape index (κ3) is 6.53. The molecule has 0 aliphatic carbocycles. The molecule has 18 nitrogen and oxygen atoms in total. The van der Waals surface area contributed by atoms with E-state index in [1.807, 2.05) is 0 Å². The number of rotatable bonds is 10. The number of aromatic nitrogens is 4. The number of halogens is 2. The summed E-state index contributed by atoms with van der Waals surface area (Å²) in [6, 6.07) is 0. The molecule has 0 saturated carbocycles. The van der Waals surface area contributed by atoms with Gasteiger partial charge in [-0.25, -0.2) is 23.1 Å². The van der Waals surface area contributed by atoms with Crippen molar-refractivity contribution in [1.29, 1.82) is 0 Å². The summed E-state index contributed by atoms with van der Waals surface area (Å²) >= 11 is 5.83. The molecular formula is C12H18ClFN5O13P3. The highest BCUT2D eigenvalue weighted by Gasteiger charge is 2.58. The molecule has 0 bridgehead atoms. The predicted molar refractivity (Wildman–Crippen MR) is 110 cm³/mol. The number of hydrogen-bond acceptors (Lipinski definition) is 13. The fourth-order valence-corrected chi connectivity index (χ4v) is 6.22. The molecule has 7 N–H and O–H groups in total. The molecule has 3 rings (SSSR count). The van der Waals surface area contributed by atoms with Gasteiger partial charge in [-0.05, 0) is 6.92 Å². The highest BCUT2D eigenvalue weighted by Crippen LogP contribution is 2.66. The SMILES string of the molecule is CCOc1nc(N)nc2c1ncn2C1OC(COP(=O)(O)OP(=O)(O)OP(=O)(O)O)C(O)C1(F)Cl. The van der Waals surface area contributed by atoms with Gasteiger partial charge >= 0.3 is 23.5 Å². The number of phosphoric ester groups is 1. The van der Waals surface area contributed by atoms with E-state index in [4.69, 9.17) is 41.5 Å². The highest BCUT2D eigenvalue weighted by atomic mass is 35.5. The lowest BCUT2D eigenvalue weighted by molar-refractivity contribution is -0.0473. The number of nitrogens with two attached hydrogens (primary N) is 1. The maximum atomic E-state index is 15.3. The van der Waals surface area contributed by atoms with Crippen LogP contribution in [0.2, 0.25) is 0 Å². The maximum absolute atomic E-state index is 15.3. The third-order valence-corrected chi connectivity index (χ3v) is 8.35. The molecule has 0 aromatic carbocycles. The van der Waals surface area contributed by atoms with Crippen molar-refractivity contribution in [3.63, 3.8) is 0 Å². The van der Waals surface area contributed by atoms with Gasteiger partial charge in [0.05, 0.1) is 19.5 Å². The largest absolute Gasteiger partial charge is 0.490 e. The van der Waals surface area contributed by atoms with E-state index >= 15 is 4.39 Å². The van der Waals surface area contributed by atoms with E-state index < -0.39 is 53.6 Å². The number of alkyl halides is 2. The summed E-state index contributed by atoms with van der Waals surface area (Å²) in [5.74, 6) is -0.306. The van der Waals surface area contributed by atoms with Crippen LogP contribution in [0.25, 0.3) is 11.2 Å². The van der Waals surface area contributed by atoms with E-state index in [1.165, 1.54) is 0 Å². The average molecular weight is 588 g/mol. The van der Waals surface area contributed by atoms with Crippen molar-refractivity contribution >= 4 is 52.2 Å². The van der Waals surface area contributed by atoms with E-state index in [0.29, 0.717) is 0 Å². The van der Waals surface area contributed by atoms with Crippen LogP contribution >= 0.6 is 35.1 Å². The molecule has 23 heteroatoms. The predicted octanol–water partition coefficient (Wildman–Crippen LogP) is 0.313. The lowest BCUT2D eigenvalue weighted by Crippen LogP contribution is -2.38. The van der Waals surface area contributed by atoms with E-state index in [1.54, 1.807) is 6.92 Å². The van der Waals surface area contributed by atoms with Gasteiger partial charge in [0.15, 0.2) is 17.4 Å². The summed E-state index contributed by atoms with van der Waals surface area (Å²) in [6.45, 7) is 0.682. The standard InChI is InChI=1S/C12H18ClFN5O13P3/c1-2-28-9-6-8(17-11(15)18-9)19(4-16-6)10-12(13,14)7(20)5(30-10)3-29-34(24,25)32-35(26,27)31-33(21,22)23/h4-5,7,10,20H,2-3H2,1H3,(H,24,25)(H,26,27)(H2,15,17,18)(H2,21,22,23).